The SMILES string of the molecule is CC(=O)SC(CCN(C)C(=O)O)c1ccccc1. The van der Waals surface area contributed by atoms with Crippen molar-refractivity contribution in [2.45, 2.75) is 18.6 Å². The van der Waals surface area contributed by atoms with E-state index in [1.807, 2.05) is 30.3 Å². The first-order valence-electron chi connectivity index (χ1n) is 5.67. The average molecular weight is 267 g/mol. The van der Waals surface area contributed by atoms with E-state index in [1.165, 1.54) is 30.6 Å². The van der Waals surface area contributed by atoms with Crippen LogP contribution in [0.25, 0.3) is 0 Å². The number of carboxylic acid groups (broad SMARTS) is 1. The molecule has 1 aromatic carbocycles. The Hall–Kier alpha value is -1.49. The number of thioether (sulfide) groups is 1. The van der Waals surface area contributed by atoms with Crippen molar-refractivity contribution in [2.75, 3.05) is 13.6 Å². The summed E-state index contributed by atoms with van der Waals surface area (Å²) in [5, 5.41) is 8.85. The van der Waals surface area contributed by atoms with Gasteiger partial charge in [0.15, 0.2) is 5.12 Å². The molecule has 0 aliphatic rings. The number of hydrogen-bond acceptors (Lipinski definition) is 3. The Morgan fingerprint density at radius 2 is 1.94 bits per heavy atom. The highest BCUT2D eigenvalue weighted by molar-refractivity contribution is 8.13. The fourth-order valence-electron chi connectivity index (χ4n) is 1.57. The number of hydrogen-bond donors (Lipinski definition) is 1. The van der Waals surface area contributed by atoms with E-state index in [-0.39, 0.29) is 10.4 Å². The van der Waals surface area contributed by atoms with Crippen LogP contribution in [0.1, 0.15) is 24.2 Å². The van der Waals surface area contributed by atoms with Gasteiger partial charge in [0.2, 0.25) is 0 Å². The summed E-state index contributed by atoms with van der Waals surface area (Å²) >= 11 is 1.25. The van der Waals surface area contributed by atoms with Crippen molar-refractivity contribution in [2.24, 2.45) is 0 Å². The fraction of sp³-hybridized carbons (Fsp3) is 0.385. The van der Waals surface area contributed by atoms with Crippen LogP contribution in [0, 0.1) is 0 Å². The van der Waals surface area contributed by atoms with Crippen LogP contribution < -0.4 is 0 Å². The summed E-state index contributed by atoms with van der Waals surface area (Å²) in [7, 11) is 1.53. The standard InChI is InChI=1S/C13H17NO3S/c1-10(15)18-12(8-9-14(2)13(16)17)11-6-4-3-5-7-11/h3-7,12H,8-9H2,1-2H3,(H,16,17). The Labute approximate surface area is 111 Å². The van der Waals surface area contributed by atoms with Crippen molar-refractivity contribution in [3.63, 3.8) is 0 Å². The van der Waals surface area contributed by atoms with Gasteiger partial charge in [0.25, 0.3) is 0 Å². The molecule has 0 aliphatic carbocycles. The Morgan fingerprint density at radius 3 is 2.44 bits per heavy atom. The Balaban J connectivity index is 2.68. The summed E-state index contributed by atoms with van der Waals surface area (Å²) in [5.41, 5.74) is 1.05. The van der Waals surface area contributed by atoms with E-state index in [0.29, 0.717) is 13.0 Å². The highest BCUT2D eigenvalue weighted by Crippen LogP contribution is 2.32. The molecule has 1 unspecified atom stereocenters. The smallest absolute Gasteiger partial charge is 0.407 e. The molecule has 0 saturated heterocycles. The highest BCUT2D eigenvalue weighted by atomic mass is 32.2. The van der Waals surface area contributed by atoms with Crippen LogP contribution in [-0.4, -0.2) is 34.8 Å². The predicted octanol–water partition coefficient (Wildman–Crippen LogP) is 3.01. The van der Waals surface area contributed by atoms with Crippen molar-refractivity contribution in [1.82, 2.24) is 4.90 Å². The normalized spacial score (nSPS) is 11.9. The van der Waals surface area contributed by atoms with Crippen LogP contribution in [0.15, 0.2) is 30.3 Å². The van der Waals surface area contributed by atoms with E-state index in [9.17, 15) is 9.59 Å². The van der Waals surface area contributed by atoms with Gasteiger partial charge < -0.3 is 10.0 Å². The molecule has 0 aromatic heterocycles. The Kier molecular flexibility index (Phi) is 5.71. The van der Waals surface area contributed by atoms with Crippen LogP contribution >= 0.6 is 11.8 Å². The van der Waals surface area contributed by atoms with Gasteiger partial charge in [-0.3, -0.25) is 4.79 Å². The van der Waals surface area contributed by atoms with Crippen LogP contribution in [0.2, 0.25) is 0 Å². The van der Waals surface area contributed by atoms with Crippen molar-refractivity contribution >= 4 is 23.0 Å². The maximum Gasteiger partial charge on any atom is 0.407 e. The molecule has 98 valence electrons. The maximum absolute atomic E-state index is 11.2. The number of amides is 1. The predicted molar refractivity (Wildman–Crippen MR) is 72.7 cm³/mol. The second-order valence-electron chi connectivity index (χ2n) is 4.00. The molecule has 1 aromatic rings. The molecule has 0 fully saturated rings. The van der Waals surface area contributed by atoms with Crippen LogP contribution in [-0.2, 0) is 4.79 Å². The van der Waals surface area contributed by atoms with E-state index in [2.05, 4.69) is 0 Å². The van der Waals surface area contributed by atoms with Crippen LogP contribution in [0.3, 0.4) is 0 Å². The summed E-state index contributed by atoms with van der Waals surface area (Å²) in [6, 6.07) is 9.68. The summed E-state index contributed by atoms with van der Waals surface area (Å²) < 4.78 is 0. The zero-order valence-electron chi connectivity index (χ0n) is 10.5. The minimum Gasteiger partial charge on any atom is -0.465 e. The molecule has 1 N–H and O–H groups in total. The van der Waals surface area contributed by atoms with Crippen molar-refractivity contribution in [3.05, 3.63) is 35.9 Å². The topological polar surface area (TPSA) is 57.6 Å². The second-order valence-corrected chi connectivity index (χ2v) is 5.38. The third-order valence-corrected chi connectivity index (χ3v) is 3.66. The van der Waals surface area contributed by atoms with Gasteiger partial charge in [-0.2, -0.15) is 0 Å². The molecule has 1 amide bonds. The van der Waals surface area contributed by atoms with Crippen molar-refractivity contribution in [3.8, 4) is 0 Å². The minimum atomic E-state index is -0.949. The number of benzene rings is 1. The first-order chi connectivity index (χ1) is 8.50. The molecule has 0 heterocycles. The second kappa shape index (κ2) is 7.06. The summed E-state index contributed by atoms with van der Waals surface area (Å²) in [4.78, 5) is 23.2. The van der Waals surface area contributed by atoms with E-state index in [0.717, 1.165) is 5.56 Å². The number of rotatable bonds is 5. The molecule has 4 nitrogen and oxygen atoms in total. The fourth-order valence-corrected chi connectivity index (χ4v) is 2.49. The molecule has 1 rings (SSSR count). The van der Waals surface area contributed by atoms with Gasteiger partial charge in [0.05, 0.1) is 0 Å². The van der Waals surface area contributed by atoms with Gasteiger partial charge >= 0.3 is 6.09 Å². The summed E-state index contributed by atoms with van der Waals surface area (Å²) in [5.74, 6) is 0. The Morgan fingerprint density at radius 1 is 1.33 bits per heavy atom. The van der Waals surface area contributed by atoms with Gasteiger partial charge in [-0.05, 0) is 12.0 Å². The van der Waals surface area contributed by atoms with E-state index < -0.39 is 6.09 Å². The van der Waals surface area contributed by atoms with Gasteiger partial charge in [-0.15, -0.1) is 0 Å². The average Bonchev–Trinajstić information content (AvgIpc) is 2.34. The molecule has 1 atom stereocenters. The van der Waals surface area contributed by atoms with Crippen LogP contribution in [0.5, 0.6) is 0 Å². The lowest BCUT2D eigenvalue weighted by atomic mass is 10.1. The monoisotopic (exact) mass is 267 g/mol. The Bertz CT molecular complexity index is 408. The van der Waals surface area contributed by atoms with Crippen molar-refractivity contribution in [1.29, 1.82) is 0 Å². The maximum atomic E-state index is 11.2. The lowest BCUT2D eigenvalue weighted by Crippen LogP contribution is -2.26. The molecule has 0 bridgehead atoms. The molecule has 0 radical (unpaired) electrons. The quantitative estimate of drug-likeness (QED) is 0.891. The first-order valence-corrected chi connectivity index (χ1v) is 6.55. The largest absolute Gasteiger partial charge is 0.465 e. The zero-order chi connectivity index (χ0) is 13.5. The lowest BCUT2D eigenvalue weighted by Gasteiger charge is -2.19. The number of nitrogens with zero attached hydrogens (tertiary/aromatic N) is 1. The lowest BCUT2D eigenvalue weighted by molar-refractivity contribution is -0.109. The van der Waals surface area contributed by atoms with E-state index >= 15 is 0 Å². The highest BCUT2D eigenvalue weighted by Gasteiger charge is 2.16. The minimum absolute atomic E-state index is 0.00509. The summed E-state index contributed by atoms with van der Waals surface area (Å²) in [6.45, 7) is 1.94. The third kappa shape index (κ3) is 4.79. The molecular formula is C13H17NO3S. The molecule has 5 heteroatoms. The third-order valence-electron chi connectivity index (χ3n) is 2.53. The van der Waals surface area contributed by atoms with Crippen LogP contribution in [0.4, 0.5) is 4.79 Å². The number of carbonyl (C=O) groups excluding carboxylic acids is 1. The van der Waals surface area contributed by atoms with Gasteiger partial charge in [-0.1, -0.05) is 42.1 Å². The molecule has 0 aliphatic heterocycles. The molecular weight excluding hydrogens is 250 g/mol. The van der Waals surface area contributed by atoms with Gasteiger partial charge in [0, 0.05) is 25.8 Å². The summed E-state index contributed by atoms with van der Waals surface area (Å²) in [6.07, 6.45) is -0.327. The van der Waals surface area contributed by atoms with E-state index in [1.54, 1.807) is 0 Å². The van der Waals surface area contributed by atoms with Gasteiger partial charge in [0.1, 0.15) is 0 Å². The molecule has 0 saturated carbocycles. The molecule has 0 spiro atoms. The first kappa shape index (κ1) is 14.6. The van der Waals surface area contributed by atoms with Crippen molar-refractivity contribution < 1.29 is 14.7 Å². The number of carbonyl (C=O) groups is 2. The van der Waals surface area contributed by atoms with E-state index in [4.69, 9.17) is 5.11 Å². The molecule has 18 heavy (non-hydrogen) atoms. The van der Waals surface area contributed by atoms with Gasteiger partial charge in [-0.25, -0.2) is 4.79 Å². The zero-order valence-corrected chi connectivity index (χ0v) is 11.3.